The third kappa shape index (κ3) is 8.31. The molecular weight excluding hydrogens is 520 g/mol. The van der Waals surface area contributed by atoms with Crippen LogP contribution in [0.3, 0.4) is 0 Å². The first kappa shape index (κ1) is 31.2. The fourth-order valence-electron chi connectivity index (χ4n) is 3.91. The van der Waals surface area contributed by atoms with Crippen molar-refractivity contribution in [2.45, 2.75) is 49.8 Å². The Morgan fingerprint density at radius 2 is 1.56 bits per heavy atom. The van der Waals surface area contributed by atoms with Gasteiger partial charge in [-0.25, -0.2) is 0 Å². The minimum absolute atomic E-state index is 0.0425. The van der Waals surface area contributed by atoms with Crippen molar-refractivity contribution < 1.29 is 59.1 Å². The van der Waals surface area contributed by atoms with Gasteiger partial charge >= 0.3 is 0 Å². The first-order chi connectivity index (χ1) is 18.8. The zero-order valence-electron chi connectivity index (χ0n) is 21.6. The third-order valence-electron chi connectivity index (χ3n) is 6.12. The number of hydrogen-bond donors (Lipinski definition) is 8. The number of anilines is 1. The minimum atomic E-state index is -1.50. The highest BCUT2D eigenvalue weighted by Gasteiger charge is 2.44. The van der Waals surface area contributed by atoms with Crippen molar-refractivity contribution in [2.24, 2.45) is 0 Å². The van der Waals surface area contributed by atoms with E-state index in [0.717, 1.165) is 0 Å². The lowest BCUT2D eigenvalue weighted by atomic mass is 9.95. The van der Waals surface area contributed by atoms with E-state index >= 15 is 0 Å². The van der Waals surface area contributed by atoms with Crippen LogP contribution in [0.2, 0.25) is 0 Å². The Morgan fingerprint density at radius 1 is 0.897 bits per heavy atom. The Bertz CT molecular complexity index is 928. The molecule has 0 spiro atoms. The number of rotatable bonds is 16. The van der Waals surface area contributed by atoms with Crippen LogP contribution < -0.4 is 10.6 Å². The molecular formula is C25H38N2O12. The molecule has 0 aromatic heterocycles. The van der Waals surface area contributed by atoms with E-state index in [1.165, 1.54) is 0 Å². The molecule has 1 heterocycles. The summed E-state index contributed by atoms with van der Waals surface area (Å²) in [4.78, 5) is 12.3. The second kappa shape index (κ2) is 15.4. The van der Waals surface area contributed by atoms with Crippen LogP contribution in [0, 0.1) is 0 Å². The summed E-state index contributed by atoms with van der Waals surface area (Å²) in [5, 5.41) is 63.9. The molecule has 1 saturated heterocycles. The quantitative estimate of drug-likeness (QED) is 0.100. The monoisotopic (exact) mass is 558 g/mol. The average Bonchev–Trinajstić information content (AvgIpc) is 2.95. The maximum absolute atomic E-state index is 12.3. The molecule has 220 valence electrons. The lowest BCUT2D eigenvalue weighted by Crippen LogP contribution is -2.59. The van der Waals surface area contributed by atoms with Crippen molar-refractivity contribution in [1.82, 2.24) is 5.32 Å². The number of carbonyl (C=O) groups is 1. The summed E-state index contributed by atoms with van der Waals surface area (Å²) in [5.74, 6) is 0.0266. The lowest BCUT2D eigenvalue weighted by molar-refractivity contribution is -0.302. The predicted molar refractivity (Wildman–Crippen MR) is 134 cm³/mol. The molecule has 1 aliphatic carbocycles. The van der Waals surface area contributed by atoms with Crippen molar-refractivity contribution in [3.8, 4) is 0 Å². The number of aliphatic hydroxyl groups excluding tert-OH is 6. The topological polar surface area (TPSA) is 209 Å². The van der Waals surface area contributed by atoms with Crippen LogP contribution in [0.5, 0.6) is 0 Å². The van der Waals surface area contributed by atoms with Gasteiger partial charge in [0.2, 0.25) is 0 Å². The fourth-order valence-corrected chi connectivity index (χ4v) is 3.91. The van der Waals surface area contributed by atoms with Crippen molar-refractivity contribution in [3.05, 3.63) is 41.3 Å². The number of carbonyl (C=O) groups excluding carboxylic acids is 1. The molecule has 1 amide bonds. The first-order valence-electron chi connectivity index (χ1n) is 12.7. The highest BCUT2D eigenvalue weighted by atomic mass is 16.7. The molecule has 8 N–H and O–H groups in total. The van der Waals surface area contributed by atoms with E-state index in [1.54, 1.807) is 31.2 Å². The maximum Gasteiger partial charge on any atom is 0.251 e. The summed E-state index contributed by atoms with van der Waals surface area (Å²) in [6.07, 6.45) is -8.74. The molecule has 1 fully saturated rings. The van der Waals surface area contributed by atoms with Crippen LogP contribution in [-0.2, 0) is 23.7 Å². The molecule has 1 aromatic carbocycles. The smallest absolute Gasteiger partial charge is 0.251 e. The lowest BCUT2D eigenvalue weighted by Gasteiger charge is -2.39. The number of ether oxygens (including phenoxy) is 5. The predicted octanol–water partition coefficient (Wildman–Crippen LogP) is -2.34. The second-order valence-electron chi connectivity index (χ2n) is 8.85. The van der Waals surface area contributed by atoms with E-state index in [2.05, 4.69) is 10.6 Å². The van der Waals surface area contributed by atoms with E-state index in [1.807, 2.05) is 0 Å². The molecule has 1 aliphatic heterocycles. The number of nitrogens with one attached hydrogen (secondary N) is 2. The number of benzene rings is 1. The highest BCUT2D eigenvalue weighted by Crippen LogP contribution is 2.31. The summed E-state index contributed by atoms with van der Waals surface area (Å²) in [6, 6.07) is 6.61. The van der Waals surface area contributed by atoms with Gasteiger partial charge in [-0.1, -0.05) is 0 Å². The standard InChI is InChI=1S/C25H38N2O12/c1-2-37-23-17(19(30)21(23)32)27-15-5-3-14(4-6-15)24(34)26-7-8-35-9-10-36-11-12-38-25-22(33)20(31)18(29)16(13-28)39-25/h3-6,16,18-22,25,27-33H,2,7-13H2,1H3,(H,26,34)/t16-,18-,19?,20+,21?,22-,25?/m1/s1. The molecule has 2 aliphatic rings. The van der Waals surface area contributed by atoms with Gasteiger partial charge in [-0.2, -0.15) is 0 Å². The maximum atomic E-state index is 12.3. The van der Waals surface area contributed by atoms with Gasteiger partial charge in [0, 0.05) is 17.8 Å². The van der Waals surface area contributed by atoms with Crippen LogP contribution in [0.1, 0.15) is 17.3 Å². The van der Waals surface area contributed by atoms with Gasteiger partial charge in [-0.05, 0) is 31.2 Å². The number of amides is 1. The third-order valence-corrected chi connectivity index (χ3v) is 6.12. The van der Waals surface area contributed by atoms with E-state index in [-0.39, 0.29) is 45.5 Å². The summed E-state index contributed by atoms with van der Waals surface area (Å²) < 4.78 is 26.6. The molecule has 0 radical (unpaired) electrons. The molecule has 14 heteroatoms. The Hall–Kier alpha value is -2.37. The van der Waals surface area contributed by atoms with Crippen LogP contribution in [-0.4, -0.2) is 132 Å². The highest BCUT2D eigenvalue weighted by molar-refractivity contribution is 5.94. The van der Waals surface area contributed by atoms with Gasteiger partial charge < -0.3 is 65.0 Å². The van der Waals surface area contributed by atoms with Crippen molar-refractivity contribution in [2.75, 3.05) is 58.1 Å². The van der Waals surface area contributed by atoms with E-state index in [0.29, 0.717) is 29.3 Å². The Balaban J connectivity index is 1.24. The normalized spacial score (nSPS) is 28.6. The summed E-state index contributed by atoms with van der Waals surface area (Å²) in [7, 11) is 0. The molecule has 39 heavy (non-hydrogen) atoms. The van der Waals surface area contributed by atoms with Crippen LogP contribution >= 0.6 is 0 Å². The first-order valence-corrected chi connectivity index (χ1v) is 12.7. The Labute approximate surface area is 225 Å². The average molecular weight is 559 g/mol. The van der Waals surface area contributed by atoms with Gasteiger partial charge in [-0.3, -0.25) is 4.79 Å². The Kier molecular flexibility index (Phi) is 12.3. The summed E-state index contributed by atoms with van der Waals surface area (Å²) in [5.41, 5.74) is 1.46. The largest absolute Gasteiger partial charge is 0.493 e. The van der Waals surface area contributed by atoms with E-state index in [4.69, 9.17) is 28.8 Å². The Morgan fingerprint density at radius 3 is 2.23 bits per heavy atom. The van der Waals surface area contributed by atoms with Crippen LogP contribution in [0.15, 0.2) is 35.7 Å². The minimum Gasteiger partial charge on any atom is -0.493 e. The second-order valence-corrected chi connectivity index (χ2v) is 8.85. The molecule has 14 nitrogen and oxygen atoms in total. The SMILES string of the molecule is CCOC1=C(Nc2ccc(C(=O)NCCOCCOCCOC3O[C@H](CO)[C@@H](O)[C@H](O)[C@H]3O)cc2)C(O)C1O. The van der Waals surface area contributed by atoms with Gasteiger partial charge in [0.05, 0.1) is 51.9 Å². The van der Waals surface area contributed by atoms with E-state index in [9.17, 15) is 30.3 Å². The van der Waals surface area contributed by atoms with Gasteiger partial charge in [-0.15, -0.1) is 0 Å². The van der Waals surface area contributed by atoms with Gasteiger partial charge in [0.1, 0.15) is 42.4 Å². The number of hydrogen-bond acceptors (Lipinski definition) is 13. The molecule has 3 unspecified atom stereocenters. The van der Waals surface area contributed by atoms with Crippen LogP contribution in [0.4, 0.5) is 5.69 Å². The zero-order chi connectivity index (χ0) is 28.4. The van der Waals surface area contributed by atoms with Crippen molar-refractivity contribution in [1.29, 1.82) is 0 Å². The molecule has 1 aromatic rings. The van der Waals surface area contributed by atoms with Crippen molar-refractivity contribution in [3.63, 3.8) is 0 Å². The fraction of sp³-hybridized carbons (Fsp3) is 0.640. The zero-order valence-corrected chi connectivity index (χ0v) is 21.6. The van der Waals surface area contributed by atoms with Crippen molar-refractivity contribution >= 4 is 11.6 Å². The molecule has 0 bridgehead atoms. The molecule has 0 saturated carbocycles. The van der Waals surface area contributed by atoms with Crippen LogP contribution in [0.25, 0.3) is 0 Å². The number of aliphatic hydroxyl groups is 6. The summed E-state index contributed by atoms with van der Waals surface area (Å²) >= 11 is 0. The summed E-state index contributed by atoms with van der Waals surface area (Å²) in [6.45, 7) is 2.90. The van der Waals surface area contributed by atoms with Gasteiger partial charge in [0.15, 0.2) is 6.29 Å². The van der Waals surface area contributed by atoms with Gasteiger partial charge in [0.25, 0.3) is 5.91 Å². The van der Waals surface area contributed by atoms with E-state index < -0.39 is 49.5 Å². The molecule has 7 atom stereocenters. The molecule has 3 rings (SSSR count).